The summed E-state index contributed by atoms with van der Waals surface area (Å²) in [6.45, 7) is 1.80. The predicted octanol–water partition coefficient (Wildman–Crippen LogP) is 2.76. The van der Waals surface area contributed by atoms with Crippen LogP contribution in [0.5, 0.6) is 11.5 Å². The van der Waals surface area contributed by atoms with Crippen LogP contribution in [0.2, 0.25) is 5.02 Å². The minimum Gasteiger partial charge on any atom is -0.503 e. The quantitative estimate of drug-likeness (QED) is 0.751. The Labute approximate surface area is 164 Å². The highest BCUT2D eigenvalue weighted by atomic mass is 35.5. The summed E-state index contributed by atoms with van der Waals surface area (Å²) < 4.78 is 5.18. The molecule has 6 heteroatoms. The van der Waals surface area contributed by atoms with Gasteiger partial charge in [0.25, 0.3) is 0 Å². The van der Waals surface area contributed by atoms with Crippen molar-refractivity contribution in [2.24, 2.45) is 11.8 Å². The van der Waals surface area contributed by atoms with Crippen LogP contribution in [-0.2, 0) is 5.54 Å². The standard InChI is InChI=1S/C21H25ClN2O3/c1-24-10-15-16(11-24)21(12-25,13-6-4-3-5-7-13)23-19(15)14-8-9-17(27-2)20(26)18(14)22/h3-9,15-16,19,23,25-26H,10-12H2,1-2H3/t15-,16+,19-,21-/m0/s1. The molecule has 5 nitrogen and oxygen atoms in total. The Hall–Kier alpha value is -1.79. The number of nitrogens with one attached hydrogen (secondary N) is 1. The van der Waals surface area contributed by atoms with E-state index < -0.39 is 5.54 Å². The van der Waals surface area contributed by atoms with Gasteiger partial charge in [-0.15, -0.1) is 0 Å². The van der Waals surface area contributed by atoms with Gasteiger partial charge in [-0.2, -0.15) is 0 Å². The molecule has 2 saturated heterocycles. The first-order chi connectivity index (χ1) is 13.0. The molecule has 4 atom stereocenters. The summed E-state index contributed by atoms with van der Waals surface area (Å²) in [5.41, 5.74) is 1.38. The molecule has 2 aliphatic rings. The van der Waals surface area contributed by atoms with Crippen molar-refractivity contribution in [3.63, 3.8) is 0 Å². The summed E-state index contributed by atoms with van der Waals surface area (Å²) in [5, 5.41) is 24.9. The van der Waals surface area contributed by atoms with Crippen molar-refractivity contribution in [2.45, 2.75) is 11.6 Å². The Kier molecular flexibility index (Phi) is 4.80. The van der Waals surface area contributed by atoms with Crippen molar-refractivity contribution in [1.29, 1.82) is 0 Å². The number of phenolic OH excluding ortho intramolecular Hbond substituents is 1. The van der Waals surface area contributed by atoms with E-state index in [1.165, 1.54) is 7.11 Å². The SMILES string of the molecule is COc1ccc([C@@H]2N[C@@](CO)(c3ccccc3)[C@@H]3CN(C)C[C@@H]32)c(Cl)c1O. The third-order valence-corrected chi connectivity index (χ3v) is 6.62. The molecule has 0 amide bonds. The Bertz CT molecular complexity index is 832. The van der Waals surface area contributed by atoms with Crippen LogP contribution in [0.25, 0.3) is 0 Å². The van der Waals surface area contributed by atoms with E-state index in [-0.39, 0.29) is 30.2 Å². The minimum absolute atomic E-state index is 0.00226. The smallest absolute Gasteiger partial charge is 0.177 e. The summed E-state index contributed by atoms with van der Waals surface area (Å²) in [5.74, 6) is 0.828. The van der Waals surface area contributed by atoms with Crippen molar-refractivity contribution in [1.82, 2.24) is 10.2 Å². The maximum Gasteiger partial charge on any atom is 0.177 e. The van der Waals surface area contributed by atoms with Gasteiger partial charge in [-0.25, -0.2) is 0 Å². The monoisotopic (exact) mass is 388 g/mol. The van der Waals surface area contributed by atoms with E-state index in [2.05, 4.69) is 29.4 Å². The Balaban J connectivity index is 1.81. The third kappa shape index (κ3) is 2.81. The number of rotatable bonds is 4. The first-order valence-electron chi connectivity index (χ1n) is 9.19. The summed E-state index contributed by atoms with van der Waals surface area (Å²) in [6.07, 6.45) is 0. The van der Waals surface area contributed by atoms with Gasteiger partial charge in [0.05, 0.1) is 24.3 Å². The number of hydrogen-bond donors (Lipinski definition) is 3. The molecule has 27 heavy (non-hydrogen) atoms. The second-order valence-corrected chi connectivity index (χ2v) is 8.01. The van der Waals surface area contributed by atoms with Gasteiger partial charge < -0.3 is 19.8 Å². The maximum absolute atomic E-state index is 10.5. The lowest BCUT2D eigenvalue weighted by atomic mass is 9.76. The van der Waals surface area contributed by atoms with Gasteiger partial charge >= 0.3 is 0 Å². The number of aliphatic hydroxyl groups excluding tert-OH is 1. The van der Waals surface area contributed by atoms with Gasteiger partial charge in [0.15, 0.2) is 11.5 Å². The molecule has 0 bridgehead atoms. The van der Waals surface area contributed by atoms with Gasteiger partial charge in [-0.05, 0) is 30.2 Å². The summed E-state index contributed by atoms with van der Waals surface area (Å²) in [4.78, 5) is 2.30. The lowest BCUT2D eigenvalue weighted by Gasteiger charge is -2.35. The molecule has 0 spiro atoms. The molecular weight excluding hydrogens is 364 g/mol. The van der Waals surface area contributed by atoms with Gasteiger partial charge in [-0.3, -0.25) is 5.32 Å². The maximum atomic E-state index is 10.5. The fraction of sp³-hybridized carbons (Fsp3) is 0.429. The van der Waals surface area contributed by atoms with Crippen molar-refractivity contribution < 1.29 is 14.9 Å². The van der Waals surface area contributed by atoms with Gasteiger partial charge in [-0.1, -0.05) is 48.0 Å². The number of aromatic hydroxyl groups is 1. The van der Waals surface area contributed by atoms with Crippen LogP contribution in [0.1, 0.15) is 17.2 Å². The number of phenols is 1. The molecule has 0 saturated carbocycles. The highest BCUT2D eigenvalue weighted by Crippen LogP contribution is 2.53. The number of aliphatic hydroxyl groups is 1. The molecule has 4 rings (SSSR count). The topological polar surface area (TPSA) is 65.0 Å². The first kappa shape index (κ1) is 18.6. The second kappa shape index (κ2) is 6.99. The van der Waals surface area contributed by atoms with Crippen LogP contribution in [0.15, 0.2) is 42.5 Å². The predicted molar refractivity (Wildman–Crippen MR) is 105 cm³/mol. The van der Waals surface area contributed by atoms with Crippen LogP contribution in [0.4, 0.5) is 0 Å². The van der Waals surface area contributed by atoms with E-state index in [0.717, 1.165) is 24.2 Å². The van der Waals surface area contributed by atoms with E-state index in [9.17, 15) is 10.2 Å². The average molecular weight is 389 g/mol. The fourth-order valence-electron chi connectivity index (χ4n) is 4.95. The number of ether oxygens (including phenoxy) is 1. The fourth-order valence-corrected chi connectivity index (χ4v) is 5.22. The number of benzene rings is 2. The van der Waals surface area contributed by atoms with E-state index in [0.29, 0.717) is 10.8 Å². The lowest BCUT2D eigenvalue weighted by molar-refractivity contribution is 0.129. The summed E-state index contributed by atoms with van der Waals surface area (Å²) >= 11 is 6.52. The van der Waals surface area contributed by atoms with E-state index in [4.69, 9.17) is 16.3 Å². The largest absolute Gasteiger partial charge is 0.503 e. The average Bonchev–Trinajstić information content (AvgIpc) is 3.21. The molecule has 0 aliphatic carbocycles. The van der Waals surface area contributed by atoms with Gasteiger partial charge in [0.1, 0.15) is 0 Å². The molecule has 3 N–H and O–H groups in total. The molecule has 2 aromatic rings. The Morgan fingerprint density at radius 1 is 1.22 bits per heavy atom. The normalized spacial score (nSPS) is 30.4. The third-order valence-electron chi connectivity index (χ3n) is 6.22. The number of nitrogens with zero attached hydrogens (tertiary/aromatic N) is 1. The first-order valence-corrected chi connectivity index (χ1v) is 9.57. The van der Waals surface area contributed by atoms with Crippen molar-refractivity contribution in [2.75, 3.05) is 33.9 Å². The van der Waals surface area contributed by atoms with Crippen LogP contribution in [-0.4, -0.2) is 49.0 Å². The summed E-state index contributed by atoms with van der Waals surface area (Å²) in [7, 11) is 3.61. The van der Waals surface area contributed by atoms with E-state index in [1.807, 2.05) is 24.3 Å². The molecule has 0 aromatic heterocycles. The molecule has 0 unspecified atom stereocenters. The van der Waals surface area contributed by atoms with E-state index in [1.54, 1.807) is 6.07 Å². The van der Waals surface area contributed by atoms with Crippen LogP contribution in [0, 0.1) is 11.8 Å². The summed E-state index contributed by atoms with van der Waals surface area (Å²) in [6, 6.07) is 13.7. The minimum atomic E-state index is -0.541. The van der Waals surface area contributed by atoms with Crippen LogP contribution in [0.3, 0.4) is 0 Å². The molecule has 144 valence electrons. The molecule has 2 heterocycles. The zero-order valence-electron chi connectivity index (χ0n) is 15.5. The number of hydrogen-bond acceptors (Lipinski definition) is 5. The number of methoxy groups -OCH3 is 1. The molecule has 2 fully saturated rings. The van der Waals surface area contributed by atoms with Crippen LogP contribution < -0.4 is 10.1 Å². The van der Waals surface area contributed by atoms with E-state index >= 15 is 0 Å². The van der Waals surface area contributed by atoms with Crippen LogP contribution >= 0.6 is 11.6 Å². The Morgan fingerprint density at radius 3 is 2.63 bits per heavy atom. The highest BCUT2D eigenvalue weighted by molar-refractivity contribution is 6.33. The zero-order valence-corrected chi connectivity index (χ0v) is 16.3. The van der Waals surface area contributed by atoms with Crippen molar-refractivity contribution in [3.8, 4) is 11.5 Å². The Morgan fingerprint density at radius 2 is 1.96 bits per heavy atom. The zero-order chi connectivity index (χ0) is 19.2. The second-order valence-electron chi connectivity index (χ2n) is 7.63. The molecule has 0 radical (unpaired) electrons. The van der Waals surface area contributed by atoms with Crippen molar-refractivity contribution in [3.05, 3.63) is 58.6 Å². The van der Waals surface area contributed by atoms with Gasteiger partial charge in [0.2, 0.25) is 0 Å². The number of halogens is 1. The number of likely N-dealkylation sites (tertiary alicyclic amines) is 1. The number of fused-ring (bicyclic) bond motifs is 1. The molecular formula is C21H25ClN2O3. The van der Waals surface area contributed by atoms with Gasteiger partial charge in [0, 0.05) is 25.0 Å². The highest BCUT2D eigenvalue weighted by Gasteiger charge is 2.57. The molecule has 2 aliphatic heterocycles. The van der Waals surface area contributed by atoms with Crippen molar-refractivity contribution >= 4 is 11.6 Å². The molecule has 2 aromatic carbocycles. The lowest BCUT2D eigenvalue weighted by Crippen LogP contribution is -2.47.